The van der Waals surface area contributed by atoms with Crippen LogP contribution in [-0.4, -0.2) is 45.3 Å². The van der Waals surface area contributed by atoms with E-state index in [2.05, 4.69) is 15.3 Å². The van der Waals surface area contributed by atoms with Gasteiger partial charge in [0.15, 0.2) is 5.13 Å². The van der Waals surface area contributed by atoms with Gasteiger partial charge in [0.25, 0.3) is 5.56 Å². The summed E-state index contributed by atoms with van der Waals surface area (Å²) in [7, 11) is 0. The number of hydrogen-bond acceptors (Lipinski definition) is 6. The van der Waals surface area contributed by atoms with Crippen molar-refractivity contribution in [1.82, 2.24) is 19.7 Å². The van der Waals surface area contributed by atoms with Gasteiger partial charge < -0.3 is 5.32 Å². The van der Waals surface area contributed by atoms with Gasteiger partial charge in [0.05, 0.1) is 12.2 Å². The average Bonchev–Trinajstić information content (AvgIpc) is 3.21. The molecule has 2 aromatic rings. The molecule has 0 amide bonds. The summed E-state index contributed by atoms with van der Waals surface area (Å²) in [4.78, 5) is 20.5. The smallest absolute Gasteiger partial charge is 0.266 e. The van der Waals surface area contributed by atoms with Gasteiger partial charge in [-0.2, -0.15) is 5.10 Å². The second-order valence-electron chi connectivity index (χ2n) is 6.89. The summed E-state index contributed by atoms with van der Waals surface area (Å²) < 4.78 is 1.56. The Morgan fingerprint density at radius 1 is 1.24 bits per heavy atom. The zero-order valence-corrected chi connectivity index (χ0v) is 15.3. The third kappa shape index (κ3) is 3.93. The highest BCUT2D eigenvalue weighted by Crippen LogP contribution is 2.30. The first-order valence-electron chi connectivity index (χ1n) is 9.28. The summed E-state index contributed by atoms with van der Waals surface area (Å²) >= 11 is 1.83. The maximum atomic E-state index is 11.8. The lowest BCUT2D eigenvalue weighted by Crippen LogP contribution is -2.45. The molecule has 4 rings (SSSR count). The van der Waals surface area contributed by atoms with Crippen LogP contribution in [0.25, 0.3) is 0 Å². The third-order valence-electron chi connectivity index (χ3n) is 5.22. The van der Waals surface area contributed by atoms with E-state index >= 15 is 0 Å². The lowest BCUT2D eigenvalue weighted by molar-refractivity contribution is 0.148. The highest BCUT2D eigenvalue weighted by atomic mass is 32.1. The number of nitrogens with one attached hydrogen (secondary N) is 1. The van der Waals surface area contributed by atoms with Gasteiger partial charge >= 0.3 is 0 Å². The Morgan fingerprint density at radius 3 is 3.08 bits per heavy atom. The van der Waals surface area contributed by atoms with Crippen LogP contribution in [0.3, 0.4) is 0 Å². The molecular formula is C18H25N5OS. The Labute approximate surface area is 151 Å². The lowest BCUT2D eigenvalue weighted by atomic mass is 10.0. The molecule has 0 aromatic carbocycles. The molecule has 1 aliphatic carbocycles. The molecule has 3 heterocycles. The topological polar surface area (TPSA) is 63.1 Å². The Kier molecular flexibility index (Phi) is 5.12. The number of likely N-dealkylation sites (tertiary alicyclic amines) is 1. The summed E-state index contributed by atoms with van der Waals surface area (Å²) in [5.74, 6) is 0. The van der Waals surface area contributed by atoms with Gasteiger partial charge in [-0.1, -0.05) is 6.42 Å². The zero-order valence-electron chi connectivity index (χ0n) is 14.5. The van der Waals surface area contributed by atoms with Gasteiger partial charge in [0.2, 0.25) is 0 Å². The minimum atomic E-state index is -0.0218. The monoisotopic (exact) mass is 359 g/mol. The van der Waals surface area contributed by atoms with E-state index in [1.54, 1.807) is 23.0 Å². The molecule has 1 atom stereocenters. The number of thiazole rings is 1. The van der Waals surface area contributed by atoms with E-state index in [0.717, 1.165) is 31.2 Å². The van der Waals surface area contributed by atoms with Gasteiger partial charge in [0.1, 0.15) is 0 Å². The van der Waals surface area contributed by atoms with Crippen molar-refractivity contribution in [1.29, 1.82) is 0 Å². The fourth-order valence-corrected chi connectivity index (χ4v) is 4.89. The molecule has 1 saturated heterocycles. The SMILES string of the molecule is O=c1cccnn1CCN1CCCCC1CNc1nc2c(s1)CCC2. The molecule has 1 aliphatic heterocycles. The van der Waals surface area contributed by atoms with Crippen molar-refractivity contribution in [2.45, 2.75) is 51.1 Å². The predicted molar refractivity (Wildman–Crippen MR) is 100 cm³/mol. The summed E-state index contributed by atoms with van der Waals surface area (Å²) in [5.41, 5.74) is 1.29. The van der Waals surface area contributed by atoms with Crippen LogP contribution in [0, 0.1) is 0 Å². The number of fused-ring (bicyclic) bond motifs is 1. The number of rotatable bonds is 6. The second-order valence-corrected chi connectivity index (χ2v) is 7.98. The van der Waals surface area contributed by atoms with E-state index in [9.17, 15) is 4.79 Å². The maximum absolute atomic E-state index is 11.8. The molecule has 7 heteroatoms. The number of aromatic nitrogens is 3. The quantitative estimate of drug-likeness (QED) is 0.856. The fraction of sp³-hybridized carbons (Fsp3) is 0.611. The number of hydrogen-bond donors (Lipinski definition) is 1. The molecule has 0 radical (unpaired) electrons. The van der Waals surface area contributed by atoms with Crippen LogP contribution in [0.2, 0.25) is 0 Å². The second kappa shape index (κ2) is 7.66. The third-order valence-corrected chi connectivity index (χ3v) is 6.33. The standard InChI is InChI=1S/C18H25N5OS/c24-17-8-4-9-20-23(17)12-11-22-10-2-1-5-14(22)13-19-18-21-15-6-3-7-16(15)25-18/h4,8-9,14H,1-3,5-7,10-13H2,(H,19,21). The minimum absolute atomic E-state index is 0.0218. The van der Waals surface area contributed by atoms with Crippen LogP contribution in [0.5, 0.6) is 0 Å². The van der Waals surface area contributed by atoms with E-state index in [1.807, 2.05) is 11.3 Å². The fourth-order valence-electron chi connectivity index (χ4n) is 3.84. The predicted octanol–water partition coefficient (Wildman–Crippen LogP) is 2.16. The highest BCUT2D eigenvalue weighted by Gasteiger charge is 2.23. The first-order valence-corrected chi connectivity index (χ1v) is 10.1. The molecule has 25 heavy (non-hydrogen) atoms. The molecule has 0 bridgehead atoms. The molecule has 6 nitrogen and oxygen atoms in total. The van der Waals surface area contributed by atoms with Crippen molar-refractivity contribution in [2.24, 2.45) is 0 Å². The van der Waals surface area contributed by atoms with Crippen LogP contribution >= 0.6 is 11.3 Å². The van der Waals surface area contributed by atoms with Crippen molar-refractivity contribution in [3.8, 4) is 0 Å². The van der Waals surface area contributed by atoms with Crippen molar-refractivity contribution >= 4 is 16.5 Å². The summed E-state index contributed by atoms with van der Waals surface area (Å²) in [6, 6.07) is 3.77. The van der Waals surface area contributed by atoms with E-state index in [-0.39, 0.29) is 5.56 Å². The summed E-state index contributed by atoms with van der Waals surface area (Å²) in [5, 5.41) is 8.81. The molecule has 1 fully saturated rings. The van der Waals surface area contributed by atoms with Gasteiger partial charge in [-0.15, -0.1) is 11.3 Å². The molecule has 1 unspecified atom stereocenters. The molecule has 134 valence electrons. The number of piperidine rings is 1. The first-order chi connectivity index (χ1) is 12.3. The lowest BCUT2D eigenvalue weighted by Gasteiger charge is -2.35. The number of nitrogens with zero attached hydrogens (tertiary/aromatic N) is 4. The van der Waals surface area contributed by atoms with Crippen molar-refractivity contribution in [3.63, 3.8) is 0 Å². The van der Waals surface area contributed by atoms with E-state index in [4.69, 9.17) is 4.98 Å². The largest absolute Gasteiger partial charge is 0.360 e. The van der Waals surface area contributed by atoms with Gasteiger partial charge in [-0.05, 0) is 44.7 Å². The van der Waals surface area contributed by atoms with Crippen molar-refractivity contribution in [2.75, 3.05) is 25.0 Å². The molecule has 2 aromatic heterocycles. The van der Waals surface area contributed by atoms with Gasteiger partial charge in [-0.25, -0.2) is 9.67 Å². The Bertz CT molecular complexity index is 749. The van der Waals surface area contributed by atoms with Gasteiger partial charge in [-0.3, -0.25) is 9.69 Å². The van der Waals surface area contributed by atoms with E-state index < -0.39 is 0 Å². The average molecular weight is 359 g/mol. The van der Waals surface area contributed by atoms with Crippen LogP contribution in [-0.2, 0) is 19.4 Å². The Hall–Kier alpha value is -1.73. The van der Waals surface area contributed by atoms with Crippen molar-refractivity contribution < 1.29 is 0 Å². The van der Waals surface area contributed by atoms with Crippen LogP contribution < -0.4 is 10.9 Å². The first kappa shape index (κ1) is 16.7. The molecule has 0 saturated carbocycles. The van der Waals surface area contributed by atoms with Crippen LogP contribution in [0.4, 0.5) is 5.13 Å². The Morgan fingerprint density at radius 2 is 2.20 bits per heavy atom. The van der Waals surface area contributed by atoms with Crippen LogP contribution in [0.15, 0.2) is 23.1 Å². The molecular weight excluding hydrogens is 334 g/mol. The van der Waals surface area contributed by atoms with Crippen LogP contribution in [0.1, 0.15) is 36.3 Å². The Balaban J connectivity index is 1.34. The normalized spacial score (nSPS) is 20.6. The highest BCUT2D eigenvalue weighted by molar-refractivity contribution is 7.15. The summed E-state index contributed by atoms with van der Waals surface area (Å²) in [6.45, 7) is 3.56. The van der Waals surface area contributed by atoms with Gasteiger partial charge in [0, 0.05) is 36.3 Å². The summed E-state index contributed by atoms with van der Waals surface area (Å²) in [6.07, 6.45) is 9.00. The number of anilines is 1. The van der Waals surface area contributed by atoms with E-state index in [1.165, 1.54) is 42.7 Å². The van der Waals surface area contributed by atoms with Crippen molar-refractivity contribution in [3.05, 3.63) is 39.3 Å². The minimum Gasteiger partial charge on any atom is -0.360 e. The van der Waals surface area contributed by atoms with E-state index in [0.29, 0.717) is 12.6 Å². The maximum Gasteiger partial charge on any atom is 0.266 e. The zero-order chi connectivity index (χ0) is 17.1. The molecule has 0 spiro atoms. The molecule has 1 N–H and O–H groups in total. The molecule has 2 aliphatic rings. The number of aryl methyl sites for hydroxylation is 2.